The average Bonchev–Trinajstić information content (AvgIpc) is 3.10. The van der Waals surface area contributed by atoms with Crippen molar-refractivity contribution in [3.8, 4) is 11.5 Å². The van der Waals surface area contributed by atoms with Gasteiger partial charge in [-0.2, -0.15) is 0 Å². The zero-order valence-electron chi connectivity index (χ0n) is 28.3. The van der Waals surface area contributed by atoms with Crippen LogP contribution in [0.3, 0.4) is 0 Å². The fourth-order valence-electron chi connectivity index (χ4n) is 4.73. The molecule has 0 N–H and O–H groups in total. The number of nitrogens with zero attached hydrogens (tertiary/aromatic N) is 1. The van der Waals surface area contributed by atoms with Gasteiger partial charge in [0.1, 0.15) is 25.4 Å². The summed E-state index contributed by atoms with van der Waals surface area (Å²) in [6.45, 7) is 10.3. The Kier molecular flexibility index (Phi) is 18.4. The van der Waals surface area contributed by atoms with Crippen molar-refractivity contribution in [1.82, 2.24) is 4.67 Å². The van der Waals surface area contributed by atoms with Crippen molar-refractivity contribution in [2.45, 2.75) is 38.3 Å². The Bertz CT molecular complexity index is 1160. The molecular formula is C36H52NO6PS2. The first kappa shape index (κ1) is 38.6. The molecule has 3 rings (SSSR count). The van der Waals surface area contributed by atoms with Crippen LogP contribution in [0.2, 0.25) is 0 Å². The predicted molar refractivity (Wildman–Crippen MR) is 196 cm³/mol. The minimum absolute atomic E-state index is 0.439. The van der Waals surface area contributed by atoms with Gasteiger partial charge in [-0.15, -0.1) is 0 Å². The fourth-order valence-corrected chi connectivity index (χ4v) is 8.03. The zero-order valence-corrected chi connectivity index (χ0v) is 30.8. The number of ether oxygens (including phenoxy) is 5. The third-order valence-electron chi connectivity index (χ3n) is 7.53. The van der Waals surface area contributed by atoms with E-state index in [1.807, 2.05) is 64.1 Å². The topological polar surface area (TPSA) is 58.6 Å². The normalized spacial score (nSPS) is 12.5. The van der Waals surface area contributed by atoms with Gasteiger partial charge in [-0.25, -0.2) is 0 Å². The van der Waals surface area contributed by atoms with Gasteiger partial charge in [0, 0.05) is 30.8 Å². The molecule has 1 unspecified atom stereocenters. The molecule has 0 aromatic heterocycles. The van der Waals surface area contributed by atoms with Crippen molar-refractivity contribution in [2.24, 2.45) is 0 Å². The van der Waals surface area contributed by atoms with Crippen molar-refractivity contribution in [1.29, 1.82) is 0 Å². The molecule has 0 saturated heterocycles. The lowest BCUT2D eigenvalue weighted by Crippen LogP contribution is -2.34. The Morgan fingerprint density at radius 1 is 0.652 bits per heavy atom. The molecule has 46 heavy (non-hydrogen) atoms. The van der Waals surface area contributed by atoms with Gasteiger partial charge < -0.3 is 28.2 Å². The van der Waals surface area contributed by atoms with E-state index in [1.54, 1.807) is 14.2 Å². The van der Waals surface area contributed by atoms with Crippen molar-refractivity contribution >= 4 is 29.9 Å². The van der Waals surface area contributed by atoms with Crippen LogP contribution < -0.4 is 9.47 Å². The summed E-state index contributed by atoms with van der Waals surface area (Å²) in [6, 6.07) is 27.0. The monoisotopic (exact) mass is 689 g/mol. The maximum absolute atomic E-state index is 6.84. The molecular weight excluding hydrogens is 638 g/mol. The van der Waals surface area contributed by atoms with Crippen molar-refractivity contribution in [2.75, 3.05) is 79.1 Å². The second-order valence-corrected chi connectivity index (χ2v) is 15.4. The lowest BCUT2D eigenvalue weighted by molar-refractivity contribution is -0.0235. The Labute approximate surface area is 286 Å². The van der Waals surface area contributed by atoms with Gasteiger partial charge in [-0.3, -0.25) is 4.67 Å². The van der Waals surface area contributed by atoms with Crippen molar-refractivity contribution in [3.63, 3.8) is 0 Å². The van der Waals surface area contributed by atoms with E-state index in [-0.39, 0.29) is 0 Å². The van der Waals surface area contributed by atoms with Crippen LogP contribution in [-0.4, -0.2) is 89.8 Å². The van der Waals surface area contributed by atoms with Crippen LogP contribution in [0.1, 0.15) is 43.4 Å². The number of rotatable bonds is 24. The summed E-state index contributed by atoms with van der Waals surface area (Å²) in [6.07, 6.45) is 2.04. The first-order valence-electron chi connectivity index (χ1n) is 15.9. The third kappa shape index (κ3) is 12.3. The molecule has 7 nitrogen and oxygen atoms in total. The van der Waals surface area contributed by atoms with Crippen LogP contribution >= 0.6 is 29.9 Å². The van der Waals surface area contributed by atoms with Crippen LogP contribution in [0, 0.1) is 0 Å². The third-order valence-corrected chi connectivity index (χ3v) is 12.0. The summed E-state index contributed by atoms with van der Waals surface area (Å²) in [5, 5.41) is 0. The SMILES string of the molecule is COc1ccc(C(OCCOCCCSSCCCOCCOP(C)N(C)C(C)C)(c2ccccc2)c2ccc(OC)cc2)cc1. The lowest BCUT2D eigenvalue weighted by Gasteiger charge is -2.36. The van der Waals surface area contributed by atoms with Crippen LogP contribution in [-0.2, 0) is 24.3 Å². The second-order valence-electron chi connectivity index (χ2n) is 10.9. The standard InChI is InChI=1S/C36H52NO6PS2/c1-30(2)37(3)44(6)43-27-25-41-23-11-29-46-45-28-10-22-40-24-26-42-36(31-12-8-7-9-13-31,32-14-18-34(38-4)19-15-32)33-16-20-35(39-5)21-17-33/h7-9,12-21,30H,10-11,22-29H2,1-6H3. The number of benzene rings is 3. The highest BCUT2D eigenvalue weighted by Gasteiger charge is 2.37. The van der Waals surface area contributed by atoms with Gasteiger partial charge in [0.15, 0.2) is 0 Å². The number of methoxy groups -OCH3 is 2. The smallest absolute Gasteiger partial charge is 0.143 e. The molecule has 0 amide bonds. The van der Waals surface area contributed by atoms with Crippen molar-refractivity contribution in [3.05, 3.63) is 95.6 Å². The van der Waals surface area contributed by atoms with Crippen LogP contribution in [0.15, 0.2) is 78.9 Å². The zero-order chi connectivity index (χ0) is 33.0. The number of hydrogen-bond acceptors (Lipinski definition) is 9. The molecule has 0 aliphatic rings. The lowest BCUT2D eigenvalue weighted by atomic mass is 9.80. The quantitative estimate of drug-likeness (QED) is 0.0399. The van der Waals surface area contributed by atoms with E-state index in [2.05, 4.69) is 68.6 Å². The molecule has 3 aromatic carbocycles. The highest BCUT2D eigenvalue weighted by molar-refractivity contribution is 8.76. The molecule has 10 heteroatoms. The molecule has 0 heterocycles. The van der Waals surface area contributed by atoms with Crippen LogP contribution in [0.5, 0.6) is 11.5 Å². The van der Waals surface area contributed by atoms with E-state index in [0.29, 0.717) is 39.1 Å². The van der Waals surface area contributed by atoms with E-state index < -0.39 is 13.9 Å². The van der Waals surface area contributed by atoms with E-state index in [1.165, 1.54) is 0 Å². The second kappa shape index (κ2) is 21.9. The summed E-state index contributed by atoms with van der Waals surface area (Å²) in [5.41, 5.74) is 2.25. The van der Waals surface area contributed by atoms with Crippen LogP contribution in [0.25, 0.3) is 0 Å². The first-order chi connectivity index (χ1) is 22.4. The number of hydrogen-bond donors (Lipinski definition) is 0. The van der Waals surface area contributed by atoms with E-state index in [0.717, 1.165) is 59.1 Å². The molecule has 254 valence electrons. The van der Waals surface area contributed by atoms with Gasteiger partial charge in [0.05, 0.1) is 40.6 Å². The molecule has 0 bridgehead atoms. The predicted octanol–water partition coefficient (Wildman–Crippen LogP) is 8.51. The Morgan fingerprint density at radius 2 is 1.13 bits per heavy atom. The average molecular weight is 690 g/mol. The van der Waals surface area contributed by atoms with Gasteiger partial charge >= 0.3 is 0 Å². The maximum atomic E-state index is 6.84. The van der Waals surface area contributed by atoms with Gasteiger partial charge in [0.2, 0.25) is 0 Å². The molecule has 0 saturated carbocycles. The highest BCUT2D eigenvalue weighted by atomic mass is 33.1. The van der Waals surface area contributed by atoms with E-state index >= 15 is 0 Å². The molecule has 0 aliphatic heterocycles. The molecule has 0 radical (unpaired) electrons. The molecule has 0 fully saturated rings. The Balaban J connectivity index is 1.39. The fraction of sp³-hybridized carbons (Fsp3) is 0.500. The van der Waals surface area contributed by atoms with Crippen molar-refractivity contribution < 1.29 is 28.2 Å². The molecule has 1 atom stereocenters. The highest BCUT2D eigenvalue weighted by Crippen LogP contribution is 2.41. The Morgan fingerprint density at radius 3 is 1.61 bits per heavy atom. The largest absolute Gasteiger partial charge is 0.497 e. The summed E-state index contributed by atoms with van der Waals surface area (Å²) >= 11 is 0. The van der Waals surface area contributed by atoms with Crippen LogP contribution in [0.4, 0.5) is 0 Å². The van der Waals surface area contributed by atoms with E-state index in [9.17, 15) is 0 Å². The first-order valence-corrected chi connectivity index (χ1v) is 20.0. The molecule has 0 spiro atoms. The van der Waals surface area contributed by atoms with Gasteiger partial charge in [0.25, 0.3) is 0 Å². The summed E-state index contributed by atoms with van der Waals surface area (Å²) in [7, 11) is 8.73. The minimum atomic E-state index is -0.823. The van der Waals surface area contributed by atoms with Gasteiger partial charge in [-0.1, -0.05) is 76.2 Å². The summed E-state index contributed by atoms with van der Waals surface area (Å²) in [4.78, 5) is 0. The van der Waals surface area contributed by atoms with E-state index in [4.69, 9.17) is 28.2 Å². The van der Waals surface area contributed by atoms with Gasteiger partial charge in [-0.05, 0) is 81.4 Å². The minimum Gasteiger partial charge on any atom is -0.497 e. The molecule has 0 aliphatic carbocycles. The summed E-state index contributed by atoms with van der Waals surface area (Å²) in [5.74, 6) is 3.73. The Hall–Kier alpha value is -1.81. The molecule has 3 aromatic rings. The summed E-state index contributed by atoms with van der Waals surface area (Å²) < 4.78 is 37.6. The maximum Gasteiger partial charge on any atom is 0.143 e.